The van der Waals surface area contributed by atoms with E-state index in [1.807, 2.05) is 6.92 Å². The Bertz CT molecular complexity index is 280. The third-order valence-electron chi connectivity index (χ3n) is 3.53. The number of likely N-dealkylation sites (tertiary alicyclic amines) is 1. The maximum atomic E-state index is 9.33. The van der Waals surface area contributed by atoms with Gasteiger partial charge in [0.15, 0.2) is 0 Å². The van der Waals surface area contributed by atoms with Gasteiger partial charge in [0.2, 0.25) is 0 Å². The molecule has 1 rings (SSSR count). The lowest BCUT2D eigenvalue weighted by atomic mass is 9.83. The van der Waals surface area contributed by atoms with Crippen LogP contribution in [-0.4, -0.2) is 36.6 Å². The summed E-state index contributed by atoms with van der Waals surface area (Å²) in [6, 6.07) is 2.44. The van der Waals surface area contributed by atoms with E-state index in [9.17, 15) is 5.26 Å². The molecule has 1 unspecified atom stereocenters. The van der Waals surface area contributed by atoms with E-state index in [-0.39, 0.29) is 0 Å². The minimum atomic E-state index is -0.399. The number of nitrogens with zero attached hydrogens (tertiary/aromatic N) is 2. The van der Waals surface area contributed by atoms with Crippen LogP contribution in [0.2, 0.25) is 0 Å². The Hall–Kier alpha value is -0.590. The van der Waals surface area contributed by atoms with Gasteiger partial charge in [-0.05, 0) is 44.7 Å². The van der Waals surface area contributed by atoms with Gasteiger partial charge in [0.25, 0.3) is 0 Å². The monoisotopic (exact) mass is 237 g/mol. The average Bonchev–Trinajstić information content (AvgIpc) is 2.25. The van der Waals surface area contributed by atoms with Crippen LogP contribution >= 0.6 is 0 Å². The Kier molecular flexibility index (Phi) is 4.97. The summed E-state index contributed by atoms with van der Waals surface area (Å²) in [5.74, 6) is 0. The lowest BCUT2D eigenvalue weighted by Crippen LogP contribution is -2.53. The molecule has 1 fully saturated rings. The van der Waals surface area contributed by atoms with Gasteiger partial charge in [-0.25, -0.2) is 0 Å². The lowest BCUT2D eigenvalue weighted by Gasteiger charge is -2.41. The summed E-state index contributed by atoms with van der Waals surface area (Å²) >= 11 is 0. The molecule has 0 amide bonds. The maximum absolute atomic E-state index is 9.33. The van der Waals surface area contributed by atoms with E-state index in [0.29, 0.717) is 5.41 Å². The first kappa shape index (κ1) is 14.5. The fourth-order valence-electron chi connectivity index (χ4n) is 2.66. The third kappa shape index (κ3) is 4.65. The third-order valence-corrected chi connectivity index (χ3v) is 3.53. The Morgan fingerprint density at radius 1 is 1.47 bits per heavy atom. The fraction of sp³-hybridized carbons (Fsp3) is 0.929. The van der Waals surface area contributed by atoms with Gasteiger partial charge in [-0.15, -0.1) is 0 Å². The van der Waals surface area contributed by atoms with E-state index >= 15 is 0 Å². The second kappa shape index (κ2) is 5.84. The summed E-state index contributed by atoms with van der Waals surface area (Å²) in [6.07, 6.45) is 3.63. The highest BCUT2D eigenvalue weighted by molar-refractivity contribution is 5.06. The zero-order chi connectivity index (χ0) is 12.9. The summed E-state index contributed by atoms with van der Waals surface area (Å²) in [7, 11) is 0. The van der Waals surface area contributed by atoms with Gasteiger partial charge in [0.1, 0.15) is 5.54 Å². The summed E-state index contributed by atoms with van der Waals surface area (Å²) in [5, 5.41) is 12.7. The summed E-state index contributed by atoms with van der Waals surface area (Å²) in [6.45, 7) is 12.8. The largest absolute Gasteiger partial charge is 0.300 e. The van der Waals surface area contributed by atoms with Crippen molar-refractivity contribution in [1.29, 1.82) is 5.26 Å². The van der Waals surface area contributed by atoms with E-state index in [2.05, 4.69) is 37.1 Å². The van der Waals surface area contributed by atoms with Crippen molar-refractivity contribution in [3.05, 3.63) is 0 Å². The molecule has 0 bridgehead atoms. The molecule has 98 valence electrons. The number of rotatable bonds is 5. The van der Waals surface area contributed by atoms with Crippen LogP contribution in [0.5, 0.6) is 0 Å². The van der Waals surface area contributed by atoms with E-state index in [0.717, 1.165) is 32.6 Å². The predicted molar refractivity (Wildman–Crippen MR) is 71.8 cm³/mol. The van der Waals surface area contributed by atoms with Crippen LogP contribution in [0.3, 0.4) is 0 Å². The smallest absolute Gasteiger partial charge is 0.116 e. The van der Waals surface area contributed by atoms with Crippen molar-refractivity contribution in [2.45, 2.75) is 52.5 Å². The van der Waals surface area contributed by atoms with Crippen molar-refractivity contribution in [3.8, 4) is 6.07 Å². The Morgan fingerprint density at radius 2 is 2.18 bits per heavy atom. The van der Waals surface area contributed by atoms with Crippen LogP contribution < -0.4 is 5.32 Å². The van der Waals surface area contributed by atoms with Crippen molar-refractivity contribution < 1.29 is 0 Å². The predicted octanol–water partition coefficient (Wildman–Crippen LogP) is 2.39. The molecule has 0 aromatic rings. The first-order chi connectivity index (χ1) is 7.91. The van der Waals surface area contributed by atoms with Gasteiger partial charge in [0.05, 0.1) is 6.07 Å². The van der Waals surface area contributed by atoms with E-state index in [1.165, 1.54) is 12.8 Å². The summed E-state index contributed by atoms with van der Waals surface area (Å²) < 4.78 is 0. The van der Waals surface area contributed by atoms with E-state index in [4.69, 9.17) is 0 Å². The van der Waals surface area contributed by atoms with Crippen LogP contribution in [0.25, 0.3) is 0 Å². The fourth-order valence-corrected chi connectivity index (χ4v) is 2.66. The zero-order valence-corrected chi connectivity index (χ0v) is 11.8. The van der Waals surface area contributed by atoms with Crippen LogP contribution in [0.4, 0.5) is 0 Å². The molecule has 1 aliphatic rings. The molecule has 0 aromatic carbocycles. The molecular formula is C14H27N3. The maximum Gasteiger partial charge on any atom is 0.116 e. The molecule has 17 heavy (non-hydrogen) atoms. The Morgan fingerprint density at radius 3 is 2.71 bits per heavy atom. The van der Waals surface area contributed by atoms with E-state index < -0.39 is 5.54 Å². The molecule has 1 atom stereocenters. The lowest BCUT2D eigenvalue weighted by molar-refractivity contribution is 0.0996. The van der Waals surface area contributed by atoms with Gasteiger partial charge >= 0.3 is 0 Å². The second-order valence-electron chi connectivity index (χ2n) is 6.35. The normalized spacial score (nSPS) is 23.9. The van der Waals surface area contributed by atoms with Crippen molar-refractivity contribution in [2.24, 2.45) is 5.41 Å². The molecular weight excluding hydrogens is 210 g/mol. The number of hydrogen-bond donors (Lipinski definition) is 1. The molecule has 3 nitrogen and oxygen atoms in total. The summed E-state index contributed by atoms with van der Waals surface area (Å²) in [4.78, 5) is 2.44. The summed E-state index contributed by atoms with van der Waals surface area (Å²) in [5.41, 5.74) is 0.00278. The molecule has 1 heterocycles. The SMILES string of the molecule is CCCNC(C)(C#N)CN1CCCC(C)(C)C1. The molecule has 0 aliphatic carbocycles. The van der Waals surface area contributed by atoms with Crippen LogP contribution in [0.15, 0.2) is 0 Å². The van der Waals surface area contributed by atoms with E-state index in [1.54, 1.807) is 0 Å². The van der Waals surface area contributed by atoms with Crippen LogP contribution in [0.1, 0.15) is 47.0 Å². The molecule has 0 radical (unpaired) electrons. The first-order valence-corrected chi connectivity index (χ1v) is 6.79. The van der Waals surface area contributed by atoms with Crippen LogP contribution in [0, 0.1) is 16.7 Å². The number of piperidine rings is 1. The highest BCUT2D eigenvalue weighted by Gasteiger charge is 2.32. The first-order valence-electron chi connectivity index (χ1n) is 6.79. The quantitative estimate of drug-likeness (QED) is 0.798. The van der Waals surface area contributed by atoms with Crippen molar-refractivity contribution in [3.63, 3.8) is 0 Å². The van der Waals surface area contributed by atoms with Gasteiger partial charge in [0, 0.05) is 13.1 Å². The molecule has 0 saturated carbocycles. The van der Waals surface area contributed by atoms with Gasteiger partial charge < -0.3 is 0 Å². The molecule has 1 aliphatic heterocycles. The average molecular weight is 237 g/mol. The number of nitrogens with one attached hydrogen (secondary N) is 1. The topological polar surface area (TPSA) is 39.1 Å². The highest BCUT2D eigenvalue weighted by atomic mass is 15.2. The standard InChI is InChI=1S/C14H27N3/c1-5-8-16-14(4,10-15)12-17-9-6-7-13(2,3)11-17/h16H,5-9,11-12H2,1-4H3. The number of nitriles is 1. The molecule has 0 aromatic heterocycles. The number of hydrogen-bond acceptors (Lipinski definition) is 3. The molecule has 3 heteroatoms. The molecule has 1 N–H and O–H groups in total. The van der Waals surface area contributed by atoms with Gasteiger partial charge in [-0.1, -0.05) is 20.8 Å². The van der Waals surface area contributed by atoms with Gasteiger partial charge in [-0.2, -0.15) is 5.26 Å². The van der Waals surface area contributed by atoms with Gasteiger partial charge in [-0.3, -0.25) is 10.2 Å². The molecule has 0 spiro atoms. The van der Waals surface area contributed by atoms with Crippen LogP contribution in [-0.2, 0) is 0 Å². The minimum absolute atomic E-state index is 0.399. The van der Waals surface area contributed by atoms with Crippen molar-refractivity contribution in [1.82, 2.24) is 10.2 Å². The Balaban J connectivity index is 2.53. The second-order valence-corrected chi connectivity index (χ2v) is 6.35. The minimum Gasteiger partial charge on any atom is -0.300 e. The molecule has 1 saturated heterocycles. The van der Waals surface area contributed by atoms with Crippen molar-refractivity contribution >= 4 is 0 Å². The highest BCUT2D eigenvalue weighted by Crippen LogP contribution is 2.29. The Labute approximate surface area is 106 Å². The van der Waals surface area contributed by atoms with Crippen molar-refractivity contribution in [2.75, 3.05) is 26.2 Å². The zero-order valence-electron chi connectivity index (χ0n) is 11.8.